The van der Waals surface area contributed by atoms with Gasteiger partial charge in [0.1, 0.15) is 6.29 Å². The van der Waals surface area contributed by atoms with E-state index in [1.165, 1.54) is 16.7 Å². The number of hydrogen-bond acceptors (Lipinski definition) is 2. The van der Waals surface area contributed by atoms with Gasteiger partial charge in [0.2, 0.25) is 0 Å². The van der Waals surface area contributed by atoms with Gasteiger partial charge in [0.15, 0.2) is 0 Å². The molecular weight excluding hydrogens is 198 g/mol. The molecule has 0 heterocycles. The normalized spacial score (nSPS) is 11.5. The van der Waals surface area contributed by atoms with Crippen molar-refractivity contribution < 1.29 is 4.79 Å². The molecule has 0 fully saturated rings. The summed E-state index contributed by atoms with van der Waals surface area (Å²) in [6.45, 7) is 9.94. The van der Waals surface area contributed by atoms with Crippen LogP contribution < -0.4 is 5.32 Å². The van der Waals surface area contributed by atoms with Crippen molar-refractivity contribution in [2.45, 2.75) is 39.7 Å². The number of rotatable bonds is 4. The molecule has 0 saturated carbocycles. The molecule has 2 heteroatoms. The lowest BCUT2D eigenvalue weighted by Gasteiger charge is -2.20. The Bertz CT molecular complexity index is 363. The van der Waals surface area contributed by atoms with Crippen LogP contribution in [0.25, 0.3) is 0 Å². The van der Waals surface area contributed by atoms with E-state index in [0.717, 1.165) is 12.8 Å². The van der Waals surface area contributed by atoms with Gasteiger partial charge in [0.05, 0.1) is 6.54 Å². The highest BCUT2D eigenvalue weighted by molar-refractivity contribution is 5.51. The van der Waals surface area contributed by atoms with E-state index in [4.69, 9.17) is 0 Å². The van der Waals surface area contributed by atoms with E-state index in [1.807, 2.05) is 0 Å². The number of aldehydes is 1. The maximum atomic E-state index is 10.2. The Morgan fingerprint density at radius 1 is 1.31 bits per heavy atom. The second kappa shape index (κ2) is 5.26. The van der Waals surface area contributed by atoms with Gasteiger partial charge in [-0.2, -0.15) is 0 Å². The van der Waals surface area contributed by atoms with Crippen LogP contribution in [0.5, 0.6) is 0 Å². The Balaban J connectivity index is 2.79. The highest BCUT2D eigenvalue weighted by atomic mass is 16.1. The summed E-state index contributed by atoms with van der Waals surface area (Å²) in [4.78, 5) is 10.2. The minimum Gasteiger partial charge on any atom is -0.306 e. The van der Waals surface area contributed by atoms with E-state index in [-0.39, 0.29) is 5.41 Å². The van der Waals surface area contributed by atoms with Crippen LogP contribution in [0.4, 0.5) is 0 Å². The van der Waals surface area contributed by atoms with Crippen LogP contribution in [0.15, 0.2) is 18.2 Å². The summed E-state index contributed by atoms with van der Waals surface area (Å²) in [6.07, 6.45) is 0.888. The summed E-state index contributed by atoms with van der Waals surface area (Å²) < 4.78 is 0. The van der Waals surface area contributed by atoms with Crippen LogP contribution in [0.1, 0.15) is 37.5 Å². The minimum absolute atomic E-state index is 0.194. The first-order valence-corrected chi connectivity index (χ1v) is 5.69. The fraction of sp³-hybridized carbons (Fsp3) is 0.500. The first-order valence-electron chi connectivity index (χ1n) is 5.69. The largest absolute Gasteiger partial charge is 0.306 e. The van der Waals surface area contributed by atoms with Gasteiger partial charge >= 0.3 is 0 Å². The predicted molar refractivity (Wildman–Crippen MR) is 67.6 cm³/mol. The molecule has 1 aromatic rings. The maximum absolute atomic E-state index is 10.2. The van der Waals surface area contributed by atoms with E-state index < -0.39 is 0 Å². The average Bonchev–Trinajstić information content (AvgIpc) is 2.19. The molecule has 1 N–H and O–H groups in total. The molecule has 0 bridgehead atoms. The SMILES string of the molecule is Cc1cc(C(C)(C)C)ccc1CNCC=O. The van der Waals surface area contributed by atoms with E-state index >= 15 is 0 Å². The Labute approximate surface area is 98.1 Å². The molecular formula is C14H21NO. The summed E-state index contributed by atoms with van der Waals surface area (Å²) in [5.41, 5.74) is 4.09. The third-order valence-corrected chi connectivity index (χ3v) is 2.75. The molecule has 0 unspecified atom stereocenters. The summed E-state index contributed by atoms with van der Waals surface area (Å²) in [7, 11) is 0. The van der Waals surface area contributed by atoms with Gasteiger partial charge in [-0.15, -0.1) is 0 Å². The third kappa shape index (κ3) is 3.46. The zero-order valence-corrected chi connectivity index (χ0v) is 10.6. The van der Waals surface area contributed by atoms with E-state index in [0.29, 0.717) is 6.54 Å². The van der Waals surface area contributed by atoms with Crippen LogP contribution in [-0.2, 0) is 16.8 Å². The lowest BCUT2D eigenvalue weighted by atomic mass is 9.85. The Morgan fingerprint density at radius 2 is 2.00 bits per heavy atom. The number of benzene rings is 1. The topological polar surface area (TPSA) is 29.1 Å². The summed E-state index contributed by atoms with van der Waals surface area (Å²) in [5.74, 6) is 0. The lowest BCUT2D eigenvalue weighted by Crippen LogP contribution is -2.17. The molecule has 2 nitrogen and oxygen atoms in total. The molecule has 0 aliphatic rings. The van der Waals surface area contributed by atoms with Crippen LogP contribution in [0, 0.1) is 6.92 Å². The first-order chi connectivity index (χ1) is 7.45. The number of hydrogen-bond donors (Lipinski definition) is 1. The third-order valence-electron chi connectivity index (χ3n) is 2.75. The molecule has 0 atom stereocenters. The molecule has 0 amide bonds. The van der Waals surface area contributed by atoms with Crippen molar-refractivity contribution in [3.8, 4) is 0 Å². The highest BCUT2D eigenvalue weighted by Gasteiger charge is 2.14. The predicted octanol–water partition coefficient (Wildman–Crippen LogP) is 2.58. The zero-order valence-electron chi connectivity index (χ0n) is 10.6. The molecule has 0 radical (unpaired) electrons. The van der Waals surface area contributed by atoms with Gasteiger partial charge in [-0.05, 0) is 29.0 Å². The van der Waals surface area contributed by atoms with Gasteiger partial charge in [-0.25, -0.2) is 0 Å². The minimum atomic E-state index is 0.194. The van der Waals surface area contributed by atoms with Gasteiger partial charge < -0.3 is 10.1 Å². The molecule has 0 aromatic heterocycles. The van der Waals surface area contributed by atoms with Crippen molar-refractivity contribution in [2.24, 2.45) is 0 Å². The molecule has 0 spiro atoms. The van der Waals surface area contributed by atoms with Crippen LogP contribution in [0.3, 0.4) is 0 Å². The van der Waals surface area contributed by atoms with Gasteiger partial charge in [0.25, 0.3) is 0 Å². The monoisotopic (exact) mass is 219 g/mol. The quantitative estimate of drug-likeness (QED) is 0.623. The number of nitrogens with one attached hydrogen (secondary N) is 1. The number of aryl methyl sites for hydroxylation is 1. The summed E-state index contributed by atoms with van der Waals surface area (Å²) >= 11 is 0. The van der Waals surface area contributed by atoms with E-state index in [2.05, 4.69) is 51.2 Å². The van der Waals surface area contributed by atoms with E-state index in [1.54, 1.807) is 0 Å². The van der Waals surface area contributed by atoms with Crippen LogP contribution >= 0.6 is 0 Å². The van der Waals surface area contributed by atoms with Crippen molar-refractivity contribution in [2.75, 3.05) is 6.54 Å². The van der Waals surface area contributed by atoms with Gasteiger partial charge in [0, 0.05) is 6.54 Å². The Hall–Kier alpha value is -1.15. The van der Waals surface area contributed by atoms with Crippen molar-refractivity contribution in [1.29, 1.82) is 0 Å². The van der Waals surface area contributed by atoms with Crippen molar-refractivity contribution >= 4 is 6.29 Å². The zero-order chi connectivity index (χ0) is 12.2. The second-order valence-corrected chi connectivity index (χ2v) is 5.19. The molecule has 1 rings (SSSR count). The fourth-order valence-electron chi connectivity index (χ4n) is 1.63. The number of carbonyl (C=O) groups excluding carboxylic acids is 1. The molecule has 0 aliphatic carbocycles. The standard InChI is InChI=1S/C14H21NO/c1-11-9-13(14(2,3)4)6-5-12(11)10-15-7-8-16/h5-6,8-9,15H,7,10H2,1-4H3. The highest BCUT2D eigenvalue weighted by Crippen LogP contribution is 2.24. The second-order valence-electron chi connectivity index (χ2n) is 5.19. The molecule has 1 aromatic carbocycles. The van der Waals surface area contributed by atoms with Crippen molar-refractivity contribution in [3.05, 3.63) is 34.9 Å². The smallest absolute Gasteiger partial charge is 0.133 e. The summed E-state index contributed by atoms with van der Waals surface area (Å²) in [5, 5.41) is 3.08. The fourth-order valence-corrected chi connectivity index (χ4v) is 1.63. The van der Waals surface area contributed by atoms with Crippen molar-refractivity contribution in [1.82, 2.24) is 5.32 Å². The lowest BCUT2D eigenvalue weighted by molar-refractivity contribution is -0.107. The van der Waals surface area contributed by atoms with E-state index in [9.17, 15) is 4.79 Å². The van der Waals surface area contributed by atoms with Gasteiger partial charge in [-0.1, -0.05) is 39.0 Å². The van der Waals surface area contributed by atoms with Gasteiger partial charge in [-0.3, -0.25) is 0 Å². The van der Waals surface area contributed by atoms with Crippen molar-refractivity contribution in [3.63, 3.8) is 0 Å². The average molecular weight is 219 g/mol. The van der Waals surface area contributed by atoms with Crippen LogP contribution in [-0.4, -0.2) is 12.8 Å². The number of carbonyl (C=O) groups is 1. The Kier molecular flexibility index (Phi) is 4.25. The molecule has 88 valence electrons. The summed E-state index contributed by atoms with van der Waals surface area (Å²) in [6, 6.07) is 6.55. The molecule has 0 saturated heterocycles. The first kappa shape index (κ1) is 12.9. The Morgan fingerprint density at radius 3 is 2.50 bits per heavy atom. The van der Waals surface area contributed by atoms with Crippen LogP contribution in [0.2, 0.25) is 0 Å². The maximum Gasteiger partial charge on any atom is 0.133 e. The molecule has 16 heavy (non-hydrogen) atoms. The molecule has 0 aliphatic heterocycles.